The molecule has 2 aromatic carbocycles. The van der Waals surface area contributed by atoms with Crippen LogP contribution in [0.2, 0.25) is 0 Å². The molecular formula is C15H17BrO. The topological polar surface area (TPSA) is 9.23 Å². The van der Waals surface area contributed by atoms with E-state index in [1.807, 2.05) is 6.07 Å². The Balaban J connectivity index is 2.09. The maximum atomic E-state index is 5.83. The van der Waals surface area contributed by atoms with E-state index in [9.17, 15) is 0 Å². The average molecular weight is 293 g/mol. The molecule has 1 nitrogen and oxygen atoms in total. The van der Waals surface area contributed by atoms with Crippen molar-refractivity contribution in [3.63, 3.8) is 0 Å². The molecule has 2 aromatic rings. The Morgan fingerprint density at radius 2 is 1.88 bits per heavy atom. The van der Waals surface area contributed by atoms with Crippen LogP contribution in [0.3, 0.4) is 0 Å². The molecule has 0 N–H and O–H groups in total. The Hall–Kier alpha value is -1.02. The number of fused-ring (bicyclic) bond motifs is 1. The van der Waals surface area contributed by atoms with Crippen LogP contribution in [0.4, 0.5) is 0 Å². The molecule has 0 amide bonds. The van der Waals surface area contributed by atoms with E-state index in [0.29, 0.717) is 5.92 Å². The zero-order valence-corrected chi connectivity index (χ0v) is 11.6. The molecule has 0 fully saturated rings. The maximum Gasteiger partial charge on any atom is 0.119 e. The predicted molar refractivity (Wildman–Crippen MR) is 77.0 cm³/mol. The molecule has 0 saturated carbocycles. The molecule has 90 valence electrons. The third-order valence-electron chi connectivity index (χ3n) is 3.00. The van der Waals surface area contributed by atoms with Gasteiger partial charge in [0.05, 0.1) is 6.61 Å². The van der Waals surface area contributed by atoms with Crippen LogP contribution in [0.15, 0.2) is 42.5 Å². The van der Waals surface area contributed by atoms with Crippen molar-refractivity contribution in [2.75, 3.05) is 11.9 Å². The lowest BCUT2D eigenvalue weighted by molar-refractivity contribution is 0.260. The average Bonchev–Trinajstić information content (AvgIpc) is 2.40. The number of benzene rings is 2. The lowest BCUT2D eigenvalue weighted by Crippen LogP contribution is -2.12. The monoisotopic (exact) mass is 292 g/mol. The first-order valence-corrected chi connectivity index (χ1v) is 7.13. The first-order valence-electron chi connectivity index (χ1n) is 6.01. The molecule has 0 radical (unpaired) electrons. The molecule has 0 bridgehead atoms. The van der Waals surface area contributed by atoms with Crippen LogP contribution in [0.25, 0.3) is 10.8 Å². The van der Waals surface area contributed by atoms with Crippen LogP contribution in [-0.4, -0.2) is 11.9 Å². The van der Waals surface area contributed by atoms with Crippen LogP contribution in [-0.2, 0) is 0 Å². The molecule has 0 saturated heterocycles. The van der Waals surface area contributed by atoms with E-state index in [0.717, 1.165) is 24.1 Å². The van der Waals surface area contributed by atoms with Crippen molar-refractivity contribution >= 4 is 26.7 Å². The van der Waals surface area contributed by atoms with Crippen molar-refractivity contribution in [1.82, 2.24) is 0 Å². The molecule has 0 spiro atoms. The highest BCUT2D eigenvalue weighted by atomic mass is 79.9. The summed E-state index contributed by atoms with van der Waals surface area (Å²) in [6.07, 6.45) is 1.14. The summed E-state index contributed by atoms with van der Waals surface area (Å²) in [7, 11) is 0. The van der Waals surface area contributed by atoms with Crippen LogP contribution < -0.4 is 4.74 Å². The minimum Gasteiger partial charge on any atom is -0.493 e. The van der Waals surface area contributed by atoms with Crippen molar-refractivity contribution in [1.29, 1.82) is 0 Å². The Kier molecular flexibility index (Phi) is 4.43. The highest BCUT2D eigenvalue weighted by Gasteiger charge is 2.05. The van der Waals surface area contributed by atoms with Crippen LogP contribution in [0, 0.1) is 5.92 Å². The van der Waals surface area contributed by atoms with Gasteiger partial charge in [-0.2, -0.15) is 0 Å². The molecule has 0 aliphatic carbocycles. The number of hydrogen-bond acceptors (Lipinski definition) is 1. The predicted octanol–water partition coefficient (Wildman–Crippen LogP) is 4.64. The summed E-state index contributed by atoms with van der Waals surface area (Å²) in [6.45, 7) is 2.97. The molecule has 0 heterocycles. The lowest BCUT2D eigenvalue weighted by atomic mass is 10.1. The molecule has 2 heteroatoms. The highest BCUT2D eigenvalue weighted by Crippen LogP contribution is 2.21. The quantitative estimate of drug-likeness (QED) is 0.730. The van der Waals surface area contributed by atoms with Gasteiger partial charge >= 0.3 is 0 Å². The second-order valence-electron chi connectivity index (χ2n) is 4.25. The smallest absolute Gasteiger partial charge is 0.119 e. The molecule has 1 unspecified atom stereocenters. The lowest BCUT2D eigenvalue weighted by Gasteiger charge is -2.13. The third-order valence-corrected chi connectivity index (χ3v) is 3.92. The van der Waals surface area contributed by atoms with Gasteiger partial charge in [-0.1, -0.05) is 53.2 Å². The number of alkyl halides is 1. The van der Waals surface area contributed by atoms with Crippen LogP contribution in [0.1, 0.15) is 13.3 Å². The van der Waals surface area contributed by atoms with Crippen LogP contribution >= 0.6 is 15.9 Å². The van der Waals surface area contributed by atoms with Gasteiger partial charge in [-0.3, -0.25) is 0 Å². The molecule has 2 rings (SSSR count). The van der Waals surface area contributed by atoms with Gasteiger partial charge in [0.15, 0.2) is 0 Å². The van der Waals surface area contributed by atoms with E-state index in [4.69, 9.17) is 4.74 Å². The van der Waals surface area contributed by atoms with Gasteiger partial charge in [-0.15, -0.1) is 0 Å². The minimum atomic E-state index is 0.585. The highest BCUT2D eigenvalue weighted by molar-refractivity contribution is 9.09. The number of ether oxygens (including phenoxy) is 1. The summed E-state index contributed by atoms with van der Waals surface area (Å²) in [5.74, 6) is 1.55. The fourth-order valence-corrected chi connectivity index (χ4v) is 2.39. The van der Waals surface area contributed by atoms with Crippen molar-refractivity contribution in [3.05, 3.63) is 42.5 Å². The second-order valence-corrected chi connectivity index (χ2v) is 4.90. The van der Waals surface area contributed by atoms with E-state index >= 15 is 0 Å². The van der Waals surface area contributed by atoms with Crippen molar-refractivity contribution in [2.45, 2.75) is 13.3 Å². The summed E-state index contributed by atoms with van der Waals surface area (Å²) >= 11 is 3.51. The first-order chi connectivity index (χ1) is 8.33. The summed E-state index contributed by atoms with van der Waals surface area (Å²) in [6, 6.07) is 14.6. The number of halogens is 1. The summed E-state index contributed by atoms with van der Waals surface area (Å²) in [5, 5.41) is 3.49. The Morgan fingerprint density at radius 1 is 1.12 bits per heavy atom. The Morgan fingerprint density at radius 3 is 2.59 bits per heavy atom. The Bertz CT molecular complexity index is 477. The summed E-state index contributed by atoms with van der Waals surface area (Å²) in [4.78, 5) is 0. The van der Waals surface area contributed by atoms with Crippen molar-refractivity contribution in [2.24, 2.45) is 5.92 Å². The molecular weight excluding hydrogens is 276 g/mol. The van der Waals surface area contributed by atoms with Crippen molar-refractivity contribution < 1.29 is 4.74 Å². The standard InChI is InChI=1S/C15H17BrO/c1-2-12(10-16)11-17-15-8-7-13-5-3-4-6-14(13)9-15/h3-9,12H,2,10-11H2,1H3. The van der Waals surface area contributed by atoms with E-state index in [-0.39, 0.29) is 0 Å². The minimum absolute atomic E-state index is 0.585. The van der Waals surface area contributed by atoms with Crippen LogP contribution in [0.5, 0.6) is 5.75 Å². The molecule has 0 aliphatic heterocycles. The van der Waals surface area contributed by atoms with Gasteiger partial charge in [-0.05, 0) is 29.3 Å². The SMILES string of the molecule is CCC(CBr)COc1ccc2ccccc2c1. The normalized spacial score (nSPS) is 12.6. The van der Waals surface area contributed by atoms with E-state index in [1.54, 1.807) is 0 Å². The molecule has 1 atom stereocenters. The maximum absolute atomic E-state index is 5.83. The van der Waals surface area contributed by atoms with E-state index < -0.39 is 0 Å². The second kappa shape index (κ2) is 6.06. The zero-order chi connectivity index (χ0) is 12.1. The molecule has 0 aromatic heterocycles. The van der Waals surface area contributed by atoms with E-state index in [2.05, 4.69) is 59.3 Å². The molecule has 17 heavy (non-hydrogen) atoms. The largest absolute Gasteiger partial charge is 0.493 e. The van der Waals surface area contributed by atoms with Gasteiger partial charge in [0.25, 0.3) is 0 Å². The van der Waals surface area contributed by atoms with Crippen molar-refractivity contribution in [3.8, 4) is 5.75 Å². The third kappa shape index (κ3) is 3.22. The first kappa shape index (κ1) is 12.4. The summed E-state index contributed by atoms with van der Waals surface area (Å²) in [5.41, 5.74) is 0. The summed E-state index contributed by atoms with van der Waals surface area (Å²) < 4.78 is 5.83. The van der Waals surface area contributed by atoms with Gasteiger partial charge in [0.2, 0.25) is 0 Å². The van der Waals surface area contributed by atoms with Gasteiger partial charge < -0.3 is 4.74 Å². The van der Waals surface area contributed by atoms with Gasteiger partial charge in [-0.25, -0.2) is 0 Å². The van der Waals surface area contributed by atoms with Gasteiger partial charge in [0, 0.05) is 11.2 Å². The molecule has 0 aliphatic rings. The van der Waals surface area contributed by atoms with Gasteiger partial charge in [0.1, 0.15) is 5.75 Å². The van der Waals surface area contributed by atoms with E-state index in [1.165, 1.54) is 10.8 Å². The fourth-order valence-electron chi connectivity index (χ4n) is 1.74. The number of hydrogen-bond donors (Lipinski definition) is 0. The Labute approximate surface area is 111 Å². The number of rotatable bonds is 5. The zero-order valence-electron chi connectivity index (χ0n) is 10.0. The fraction of sp³-hybridized carbons (Fsp3) is 0.333.